The molecule has 0 saturated carbocycles. The van der Waals surface area contributed by atoms with Gasteiger partial charge in [0.1, 0.15) is 16.5 Å². The number of nitrogens with zero attached hydrogens (tertiary/aromatic N) is 3. The lowest BCUT2D eigenvalue weighted by molar-refractivity contribution is -0.138. The van der Waals surface area contributed by atoms with Crippen molar-refractivity contribution in [2.45, 2.75) is 48.8 Å². The van der Waals surface area contributed by atoms with E-state index in [9.17, 15) is 39.6 Å². The van der Waals surface area contributed by atoms with Crippen molar-refractivity contribution in [2.75, 3.05) is 30.8 Å². The summed E-state index contributed by atoms with van der Waals surface area (Å²) in [7, 11) is -3.93. The number of hydrogen-bond donors (Lipinski definition) is 1. The van der Waals surface area contributed by atoms with E-state index in [0.29, 0.717) is 31.2 Å². The number of alkyl halides is 3. The van der Waals surface area contributed by atoms with Gasteiger partial charge in [0.2, 0.25) is 0 Å². The Morgan fingerprint density at radius 1 is 1.05 bits per heavy atom. The molecule has 0 spiro atoms. The number of rotatable bonds is 6. The number of aromatic nitrogens is 1. The SMILES string of the molecule is CS(=O)(=O)c1cc(F)c(CCC2CNC(=O)N2C2CCN(c3ncc(C(F)(F)F)cc3F)CC2)cc1F. The summed E-state index contributed by atoms with van der Waals surface area (Å²) in [6, 6.07) is 0.978. The molecule has 202 valence electrons. The molecule has 2 aliphatic heterocycles. The number of piperidine rings is 1. The first kappa shape index (κ1) is 27.0. The first-order valence-corrected chi connectivity index (χ1v) is 13.4. The van der Waals surface area contributed by atoms with Crippen LogP contribution in [0.1, 0.15) is 30.4 Å². The Hall–Kier alpha value is -3.03. The first-order valence-electron chi connectivity index (χ1n) is 11.5. The van der Waals surface area contributed by atoms with Crippen LogP contribution in [-0.4, -0.2) is 62.3 Å². The lowest BCUT2D eigenvalue weighted by atomic mass is 9.99. The second kappa shape index (κ2) is 10.0. The molecule has 2 saturated heterocycles. The minimum absolute atomic E-state index is 0.0112. The maximum absolute atomic E-state index is 14.5. The number of hydrogen-bond acceptors (Lipinski definition) is 5. The molecule has 1 atom stereocenters. The van der Waals surface area contributed by atoms with Crippen LogP contribution in [0, 0.1) is 17.5 Å². The molecule has 14 heteroatoms. The molecule has 1 unspecified atom stereocenters. The number of nitrogens with one attached hydrogen (secondary N) is 1. The third-order valence-electron chi connectivity index (χ3n) is 6.67. The van der Waals surface area contributed by atoms with Crippen LogP contribution in [0.2, 0.25) is 0 Å². The number of sulfone groups is 1. The minimum Gasteiger partial charge on any atom is -0.354 e. The van der Waals surface area contributed by atoms with Gasteiger partial charge in [-0.3, -0.25) is 0 Å². The van der Waals surface area contributed by atoms with E-state index in [1.54, 1.807) is 4.90 Å². The third-order valence-corrected chi connectivity index (χ3v) is 7.78. The van der Waals surface area contributed by atoms with E-state index in [2.05, 4.69) is 10.3 Å². The van der Waals surface area contributed by atoms with Crippen molar-refractivity contribution in [1.29, 1.82) is 0 Å². The van der Waals surface area contributed by atoms with Gasteiger partial charge in [0.15, 0.2) is 21.5 Å². The van der Waals surface area contributed by atoms with Gasteiger partial charge in [-0.1, -0.05) is 0 Å². The fourth-order valence-corrected chi connectivity index (χ4v) is 5.54. The first-order chi connectivity index (χ1) is 17.3. The van der Waals surface area contributed by atoms with Crippen molar-refractivity contribution in [3.8, 4) is 0 Å². The quantitative estimate of drug-likeness (QED) is 0.552. The molecule has 1 aromatic heterocycles. The van der Waals surface area contributed by atoms with E-state index < -0.39 is 43.9 Å². The molecule has 0 radical (unpaired) electrons. The van der Waals surface area contributed by atoms with Crippen molar-refractivity contribution < 1.29 is 39.6 Å². The summed E-state index contributed by atoms with van der Waals surface area (Å²) in [6.45, 7) is 0.784. The maximum atomic E-state index is 14.5. The molecular formula is C23H24F6N4O3S. The number of halogens is 6. The summed E-state index contributed by atoms with van der Waals surface area (Å²) in [5.74, 6) is -3.18. The monoisotopic (exact) mass is 550 g/mol. The average Bonchev–Trinajstić information content (AvgIpc) is 3.18. The number of aryl methyl sites for hydroxylation is 1. The molecule has 2 fully saturated rings. The van der Waals surface area contributed by atoms with Crippen LogP contribution >= 0.6 is 0 Å². The van der Waals surface area contributed by atoms with E-state index in [1.165, 1.54) is 4.90 Å². The Bertz CT molecular complexity index is 1300. The molecule has 2 aliphatic rings. The normalized spacial score (nSPS) is 19.4. The van der Waals surface area contributed by atoms with Crippen LogP contribution in [0.15, 0.2) is 29.3 Å². The van der Waals surface area contributed by atoms with Gasteiger partial charge in [0.25, 0.3) is 0 Å². The molecular weight excluding hydrogens is 526 g/mol. The molecule has 1 N–H and O–H groups in total. The van der Waals surface area contributed by atoms with Crippen LogP contribution in [0.25, 0.3) is 0 Å². The molecule has 2 aromatic rings. The second-order valence-electron chi connectivity index (χ2n) is 9.18. The van der Waals surface area contributed by atoms with Gasteiger partial charge in [0, 0.05) is 38.1 Å². The number of pyridine rings is 1. The van der Waals surface area contributed by atoms with Gasteiger partial charge in [-0.2, -0.15) is 13.2 Å². The van der Waals surface area contributed by atoms with E-state index >= 15 is 0 Å². The average molecular weight is 551 g/mol. The number of carbonyl (C=O) groups is 1. The summed E-state index contributed by atoms with van der Waals surface area (Å²) < 4.78 is 105. The summed E-state index contributed by atoms with van der Waals surface area (Å²) in [5, 5.41) is 2.73. The number of amides is 2. The third kappa shape index (κ3) is 5.78. The Morgan fingerprint density at radius 3 is 2.32 bits per heavy atom. The molecule has 1 aromatic carbocycles. The molecule has 37 heavy (non-hydrogen) atoms. The lowest BCUT2D eigenvalue weighted by Crippen LogP contribution is -2.49. The zero-order valence-corrected chi connectivity index (χ0v) is 20.5. The molecule has 2 amide bonds. The number of urea groups is 1. The van der Waals surface area contributed by atoms with E-state index in [1.807, 2.05) is 0 Å². The predicted molar refractivity (Wildman–Crippen MR) is 121 cm³/mol. The highest BCUT2D eigenvalue weighted by Gasteiger charge is 2.38. The molecule has 0 bridgehead atoms. The van der Waals surface area contributed by atoms with Gasteiger partial charge in [-0.15, -0.1) is 0 Å². The Balaban J connectivity index is 1.40. The fourth-order valence-electron chi connectivity index (χ4n) is 4.81. The standard InChI is InChI=1S/C23H24F6N4O3S/c1-37(35,36)20-10-17(24)13(8-18(20)25)2-3-16-12-31-22(34)33(16)15-4-6-32(7-5-15)21-19(26)9-14(11-30-21)23(27,28)29/h8-11,15-16H,2-7,12H2,1H3,(H,31,34). The van der Waals surface area contributed by atoms with Crippen LogP contribution in [0.3, 0.4) is 0 Å². The van der Waals surface area contributed by atoms with E-state index in [0.717, 1.165) is 12.3 Å². The topological polar surface area (TPSA) is 82.6 Å². The van der Waals surface area contributed by atoms with E-state index in [-0.39, 0.29) is 62.0 Å². The van der Waals surface area contributed by atoms with Crippen molar-refractivity contribution in [3.63, 3.8) is 0 Å². The van der Waals surface area contributed by atoms with Crippen molar-refractivity contribution >= 4 is 21.7 Å². The molecule has 3 heterocycles. The Labute approximate surface area is 209 Å². The molecule has 4 rings (SSSR count). The van der Waals surface area contributed by atoms with Gasteiger partial charge in [0.05, 0.1) is 11.6 Å². The van der Waals surface area contributed by atoms with Crippen LogP contribution < -0.4 is 10.2 Å². The number of anilines is 1. The highest BCUT2D eigenvalue weighted by Crippen LogP contribution is 2.32. The fraction of sp³-hybridized carbons (Fsp3) is 0.478. The zero-order valence-electron chi connectivity index (χ0n) is 19.7. The molecule has 7 nitrogen and oxygen atoms in total. The van der Waals surface area contributed by atoms with Crippen molar-refractivity contribution in [2.24, 2.45) is 0 Å². The van der Waals surface area contributed by atoms with Gasteiger partial charge < -0.3 is 15.1 Å². The van der Waals surface area contributed by atoms with Gasteiger partial charge in [-0.05, 0) is 49.4 Å². The maximum Gasteiger partial charge on any atom is 0.417 e. The van der Waals surface area contributed by atoms with Crippen LogP contribution in [0.4, 0.5) is 37.0 Å². The van der Waals surface area contributed by atoms with Crippen molar-refractivity contribution in [3.05, 3.63) is 53.0 Å². The summed E-state index contributed by atoms with van der Waals surface area (Å²) >= 11 is 0. The Kier molecular flexibility index (Phi) is 7.32. The zero-order chi connectivity index (χ0) is 27.1. The lowest BCUT2D eigenvalue weighted by Gasteiger charge is -2.39. The van der Waals surface area contributed by atoms with E-state index in [4.69, 9.17) is 0 Å². The summed E-state index contributed by atoms with van der Waals surface area (Å²) in [4.78, 5) is 18.6. The highest BCUT2D eigenvalue weighted by molar-refractivity contribution is 7.90. The predicted octanol–water partition coefficient (Wildman–Crippen LogP) is 3.92. The van der Waals surface area contributed by atoms with Crippen molar-refractivity contribution in [1.82, 2.24) is 15.2 Å². The van der Waals surface area contributed by atoms with Gasteiger partial charge in [-0.25, -0.2) is 31.4 Å². The smallest absolute Gasteiger partial charge is 0.354 e. The number of benzene rings is 1. The summed E-state index contributed by atoms with van der Waals surface area (Å²) in [5.41, 5.74) is -1.19. The van der Waals surface area contributed by atoms with Crippen LogP contribution in [-0.2, 0) is 22.4 Å². The largest absolute Gasteiger partial charge is 0.417 e. The number of carbonyl (C=O) groups excluding carboxylic acids is 1. The second-order valence-corrected chi connectivity index (χ2v) is 11.2. The van der Waals surface area contributed by atoms with Gasteiger partial charge >= 0.3 is 12.2 Å². The van der Waals surface area contributed by atoms with Crippen LogP contribution in [0.5, 0.6) is 0 Å². The molecule has 0 aliphatic carbocycles. The minimum atomic E-state index is -4.71. The summed E-state index contributed by atoms with van der Waals surface area (Å²) in [6.07, 6.45) is -2.20. The Morgan fingerprint density at radius 2 is 1.73 bits per heavy atom. The highest BCUT2D eigenvalue weighted by atomic mass is 32.2.